The average molecular weight is 423 g/mol. The van der Waals surface area contributed by atoms with E-state index in [1.807, 2.05) is 26.0 Å². The zero-order valence-electron chi connectivity index (χ0n) is 14.1. The zero-order chi connectivity index (χ0) is 17.8. The Bertz CT molecular complexity index is 902. The summed E-state index contributed by atoms with van der Waals surface area (Å²) in [6.45, 7) is 5.16. The number of anilines is 1. The van der Waals surface area contributed by atoms with Gasteiger partial charge in [-0.25, -0.2) is 18.4 Å². The fourth-order valence-electron chi connectivity index (χ4n) is 3.78. The Labute approximate surface area is 156 Å². The fourth-order valence-corrected chi connectivity index (χ4v) is 6.56. The van der Waals surface area contributed by atoms with Gasteiger partial charge >= 0.3 is 0 Å². The second kappa shape index (κ2) is 6.03. The first kappa shape index (κ1) is 16.9. The highest BCUT2D eigenvalue weighted by Crippen LogP contribution is 2.40. The molecule has 0 amide bonds. The van der Waals surface area contributed by atoms with Gasteiger partial charge in [-0.2, -0.15) is 4.31 Å². The highest BCUT2D eigenvalue weighted by Gasteiger charge is 2.51. The molecule has 8 heteroatoms. The molecule has 3 fully saturated rings. The zero-order valence-corrected chi connectivity index (χ0v) is 16.5. The maximum Gasteiger partial charge on any atom is 0.244 e. The molecule has 25 heavy (non-hydrogen) atoms. The topological polar surface area (TPSA) is 66.4 Å². The number of rotatable bonds is 3. The molecule has 1 aromatic heterocycles. The van der Waals surface area contributed by atoms with Crippen LogP contribution in [0.3, 0.4) is 0 Å². The molecule has 0 spiro atoms. The van der Waals surface area contributed by atoms with Gasteiger partial charge in [0, 0.05) is 41.4 Å². The summed E-state index contributed by atoms with van der Waals surface area (Å²) < 4.78 is 28.4. The van der Waals surface area contributed by atoms with Crippen LogP contribution >= 0.6 is 15.9 Å². The van der Waals surface area contributed by atoms with Gasteiger partial charge in [0.1, 0.15) is 11.6 Å². The van der Waals surface area contributed by atoms with Crippen LogP contribution < -0.4 is 4.90 Å². The second-order valence-corrected chi connectivity index (χ2v) is 9.29. The average Bonchev–Trinajstić information content (AvgIpc) is 2.53. The smallest absolute Gasteiger partial charge is 0.244 e. The number of sulfonamides is 1. The Morgan fingerprint density at radius 1 is 1.12 bits per heavy atom. The third kappa shape index (κ3) is 2.86. The molecule has 3 aliphatic heterocycles. The van der Waals surface area contributed by atoms with Gasteiger partial charge in [0.05, 0.1) is 4.90 Å². The van der Waals surface area contributed by atoms with E-state index >= 15 is 0 Å². The summed E-state index contributed by atoms with van der Waals surface area (Å²) in [4.78, 5) is 11.3. The van der Waals surface area contributed by atoms with Crippen LogP contribution in [-0.4, -0.2) is 47.9 Å². The summed E-state index contributed by atoms with van der Waals surface area (Å²) >= 11 is 3.36. The van der Waals surface area contributed by atoms with Crippen molar-refractivity contribution in [1.82, 2.24) is 14.3 Å². The Hall–Kier alpha value is -1.51. The van der Waals surface area contributed by atoms with Crippen molar-refractivity contribution in [3.8, 4) is 0 Å². The van der Waals surface area contributed by atoms with E-state index in [4.69, 9.17) is 0 Å². The van der Waals surface area contributed by atoms with Crippen molar-refractivity contribution in [3.05, 3.63) is 46.3 Å². The van der Waals surface area contributed by atoms with Gasteiger partial charge in [0.2, 0.25) is 10.0 Å². The van der Waals surface area contributed by atoms with E-state index in [1.165, 1.54) is 0 Å². The summed E-state index contributed by atoms with van der Waals surface area (Å²) in [6, 6.07) is 8.94. The van der Waals surface area contributed by atoms with Crippen LogP contribution in [-0.2, 0) is 10.0 Å². The monoisotopic (exact) mass is 422 g/mol. The fraction of sp³-hybridized carbons (Fsp3) is 0.412. The Morgan fingerprint density at radius 2 is 1.80 bits per heavy atom. The highest BCUT2D eigenvalue weighted by atomic mass is 79.9. The number of piperidine rings is 1. The van der Waals surface area contributed by atoms with Gasteiger partial charge in [-0.3, -0.25) is 0 Å². The quantitative estimate of drug-likeness (QED) is 0.759. The van der Waals surface area contributed by atoms with Gasteiger partial charge in [-0.1, -0.05) is 12.1 Å². The van der Waals surface area contributed by atoms with Crippen LogP contribution in [0.4, 0.5) is 5.82 Å². The number of piperazine rings is 1. The van der Waals surface area contributed by atoms with E-state index < -0.39 is 10.0 Å². The molecule has 2 bridgehead atoms. The first-order valence-electron chi connectivity index (χ1n) is 8.21. The Morgan fingerprint density at radius 3 is 2.44 bits per heavy atom. The predicted octanol–water partition coefficient (Wildman–Crippen LogP) is 2.51. The molecule has 3 saturated heterocycles. The minimum absolute atomic E-state index is 0.00793. The third-order valence-corrected chi connectivity index (χ3v) is 7.81. The van der Waals surface area contributed by atoms with E-state index in [1.54, 1.807) is 22.5 Å². The third-order valence-electron chi connectivity index (χ3n) is 4.79. The number of halogens is 1. The molecular formula is C17H19BrN4O2S. The van der Waals surface area contributed by atoms with Crippen molar-refractivity contribution < 1.29 is 8.42 Å². The Balaban J connectivity index is 1.59. The number of aromatic nitrogens is 2. The predicted molar refractivity (Wildman–Crippen MR) is 99.1 cm³/mol. The van der Waals surface area contributed by atoms with E-state index in [0.29, 0.717) is 22.5 Å². The molecule has 5 rings (SSSR count). The maximum atomic E-state index is 13.1. The van der Waals surface area contributed by atoms with E-state index in [9.17, 15) is 8.42 Å². The van der Waals surface area contributed by atoms with Gasteiger partial charge in [-0.15, -0.1) is 0 Å². The Kier molecular flexibility index (Phi) is 4.09. The molecule has 6 nitrogen and oxygen atoms in total. The van der Waals surface area contributed by atoms with Crippen molar-refractivity contribution >= 4 is 31.8 Å². The lowest BCUT2D eigenvalue weighted by Crippen LogP contribution is -2.70. The van der Waals surface area contributed by atoms with Crippen LogP contribution in [0.2, 0.25) is 0 Å². The molecule has 132 valence electrons. The molecule has 0 aliphatic carbocycles. The summed E-state index contributed by atoms with van der Waals surface area (Å²) in [5, 5.41) is 0. The number of nitrogens with zero attached hydrogens (tertiary/aromatic N) is 4. The van der Waals surface area contributed by atoms with Gasteiger partial charge < -0.3 is 4.90 Å². The minimum Gasteiger partial charge on any atom is -0.353 e. The van der Waals surface area contributed by atoms with Crippen molar-refractivity contribution in [2.75, 3.05) is 18.0 Å². The van der Waals surface area contributed by atoms with E-state index in [0.717, 1.165) is 23.8 Å². The van der Waals surface area contributed by atoms with Gasteiger partial charge in [-0.05, 0) is 48.3 Å². The summed E-state index contributed by atoms with van der Waals surface area (Å²) in [7, 11) is -3.49. The van der Waals surface area contributed by atoms with Crippen molar-refractivity contribution in [2.45, 2.75) is 37.2 Å². The molecule has 0 N–H and O–H groups in total. The lowest BCUT2D eigenvalue weighted by molar-refractivity contribution is 0.0873. The van der Waals surface area contributed by atoms with Gasteiger partial charge in [0.25, 0.3) is 0 Å². The molecule has 2 atom stereocenters. The van der Waals surface area contributed by atoms with Crippen LogP contribution in [0.5, 0.6) is 0 Å². The lowest BCUT2D eigenvalue weighted by Gasteiger charge is -2.55. The number of benzene rings is 1. The maximum absolute atomic E-state index is 13.1. The first-order chi connectivity index (χ1) is 11.9. The highest BCUT2D eigenvalue weighted by molar-refractivity contribution is 9.10. The van der Waals surface area contributed by atoms with Crippen molar-refractivity contribution in [3.63, 3.8) is 0 Å². The molecular weight excluding hydrogens is 404 g/mol. The largest absolute Gasteiger partial charge is 0.353 e. The second-order valence-electron chi connectivity index (χ2n) is 6.63. The standard InChI is InChI=1S/C17H19BrN4O2S/c1-11-7-17(20-12(2)19-11)21-9-13-8-14(10-21)22(13)25(23,24)16-6-4-3-5-15(16)18/h3-7,13-14H,8-10H2,1-2H3. The van der Waals surface area contributed by atoms with E-state index in [-0.39, 0.29) is 12.1 Å². The number of hydrogen-bond acceptors (Lipinski definition) is 5. The van der Waals surface area contributed by atoms with E-state index in [2.05, 4.69) is 30.8 Å². The van der Waals surface area contributed by atoms with Crippen molar-refractivity contribution in [2.24, 2.45) is 0 Å². The molecule has 0 radical (unpaired) electrons. The SMILES string of the molecule is Cc1cc(N2CC3CC(C2)N3S(=O)(=O)c2ccccc2Br)nc(C)n1. The molecule has 2 unspecified atom stereocenters. The van der Waals surface area contributed by atoms with Crippen LogP contribution in [0.1, 0.15) is 17.9 Å². The van der Waals surface area contributed by atoms with Gasteiger partial charge in [0.15, 0.2) is 0 Å². The summed E-state index contributed by atoms with van der Waals surface area (Å²) in [6.07, 6.45) is 0.906. The lowest BCUT2D eigenvalue weighted by atomic mass is 9.91. The molecule has 3 aliphatic rings. The normalized spacial score (nSPS) is 23.4. The number of hydrogen-bond donors (Lipinski definition) is 0. The van der Waals surface area contributed by atoms with Crippen LogP contribution in [0, 0.1) is 13.8 Å². The number of aryl methyl sites for hydroxylation is 2. The molecule has 4 heterocycles. The van der Waals surface area contributed by atoms with Crippen LogP contribution in [0.25, 0.3) is 0 Å². The first-order valence-corrected chi connectivity index (χ1v) is 10.4. The van der Waals surface area contributed by atoms with Crippen molar-refractivity contribution in [1.29, 1.82) is 0 Å². The summed E-state index contributed by atoms with van der Waals surface area (Å²) in [5.74, 6) is 1.63. The number of fused-ring (bicyclic) bond motifs is 2. The minimum atomic E-state index is -3.49. The molecule has 0 saturated carbocycles. The van der Waals surface area contributed by atoms with Crippen LogP contribution in [0.15, 0.2) is 39.7 Å². The molecule has 1 aromatic carbocycles. The summed E-state index contributed by atoms with van der Waals surface area (Å²) in [5.41, 5.74) is 0.930. The molecule has 2 aromatic rings.